The number of hydrogen-bond donors (Lipinski definition) is 2. The van der Waals surface area contributed by atoms with Crippen LogP contribution in [0.5, 0.6) is 5.75 Å². The average Bonchev–Trinajstić information content (AvgIpc) is 3.55. The van der Waals surface area contributed by atoms with Crippen LogP contribution >= 0.6 is 11.6 Å². The van der Waals surface area contributed by atoms with Crippen molar-refractivity contribution in [2.45, 2.75) is 44.7 Å². The van der Waals surface area contributed by atoms with Gasteiger partial charge in [0.25, 0.3) is 5.91 Å². The molecule has 1 aromatic heterocycles. The molecule has 3 aromatic rings. The molecule has 186 valence electrons. The number of alkyl halides is 3. The average molecular weight is 516 g/mol. The summed E-state index contributed by atoms with van der Waals surface area (Å²) in [5.74, 6) is -3.33. The highest BCUT2D eigenvalue weighted by molar-refractivity contribution is 6.34. The molecule has 1 fully saturated rings. The second kappa shape index (κ2) is 9.46. The standard InChI is InChI=1S/C23H19ClF5N3O3/c1-11(23(27,28)29)35-19-8-13(18-9-32(12-5-6-12)20(10-33)30-18)17(26)7-14(19)22(34)31-21-15(24)3-2-4-16(21)25/h2-4,7-9,11-12,33H,5-6,10H2,1H3,(H,31,34). The molecule has 4 rings (SSSR count). The van der Waals surface area contributed by atoms with Gasteiger partial charge < -0.3 is 19.7 Å². The first kappa shape index (κ1) is 24.9. The molecule has 1 aliphatic carbocycles. The summed E-state index contributed by atoms with van der Waals surface area (Å²) in [5.41, 5.74) is -1.21. The van der Waals surface area contributed by atoms with E-state index in [0.29, 0.717) is 6.07 Å². The lowest BCUT2D eigenvalue weighted by Gasteiger charge is -2.20. The number of aromatic nitrogens is 2. The second-order valence-electron chi connectivity index (χ2n) is 8.02. The van der Waals surface area contributed by atoms with E-state index in [-0.39, 0.29) is 28.1 Å². The SMILES string of the molecule is CC(Oc1cc(-c2cn(C3CC3)c(CO)n2)c(F)cc1C(=O)Nc1c(F)cccc1Cl)C(F)(F)F. The van der Waals surface area contributed by atoms with E-state index in [0.717, 1.165) is 31.9 Å². The summed E-state index contributed by atoms with van der Waals surface area (Å²) in [5, 5.41) is 11.6. The lowest BCUT2D eigenvalue weighted by Crippen LogP contribution is -2.32. The number of carbonyl (C=O) groups is 1. The minimum Gasteiger partial charge on any atom is -0.480 e. The number of hydrogen-bond acceptors (Lipinski definition) is 4. The molecule has 0 spiro atoms. The summed E-state index contributed by atoms with van der Waals surface area (Å²) >= 11 is 5.90. The normalized spacial score (nSPS) is 14.6. The van der Waals surface area contributed by atoms with Crippen LogP contribution in [0.3, 0.4) is 0 Å². The van der Waals surface area contributed by atoms with Gasteiger partial charge in [-0.3, -0.25) is 4.79 Å². The molecule has 1 amide bonds. The summed E-state index contributed by atoms with van der Waals surface area (Å²) in [6.45, 7) is 0.306. The van der Waals surface area contributed by atoms with Gasteiger partial charge >= 0.3 is 6.18 Å². The predicted molar refractivity (Wildman–Crippen MR) is 117 cm³/mol. The van der Waals surface area contributed by atoms with Crippen molar-refractivity contribution in [2.24, 2.45) is 0 Å². The first-order valence-electron chi connectivity index (χ1n) is 10.5. The number of para-hydroxylation sites is 1. The first-order chi connectivity index (χ1) is 16.5. The van der Waals surface area contributed by atoms with Crippen molar-refractivity contribution in [3.05, 3.63) is 64.6 Å². The van der Waals surface area contributed by atoms with E-state index >= 15 is 4.39 Å². The van der Waals surface area contributed by atoms with Gasteiger partial charge in [0, 0.05) is 17.8 Å². The summed E-state index contributed by atoms with van der Waals surface area (Å²) in [4.78, 5) is 17.0. The Morgan fingerprint density at radius 1 is 1.29 bits per heavy atom. The zero-order valence-corrected chi connectivity index (χ0v) is 18.9. The van der Waals surface area contributed by atoms with Crippen LogP contribution in [0.1, 0.15) is 42.0 Å². The van der Waals surface area contributed by atoms with Crippen LogP contribution in [0, 0.1) is 11.6 Å². The van der Waals surface area contributed by atoms with Crippen LogP contribution in [0.15, 0.2) is 36.5 Å². The number of nitrogens with one attached hydrogen (secondary N) is 1. The number of nitrogens with zero attached hydrogens (tertiary/aromatic N) is 2. The van der Waals surface area contributed by atoms with Gasteiger partial charge in [-0.2, -0.15) is 13.2 Å². The quantitative estimate of drug-likeness (QED) is 0.385. The van der Waals surface area contributed by atoms with Crippen molar-refractivity contribution in [3.63, 3.8) is 0 Å². The van der Waals surface area contributed by atoms with Crippen LogP contribution in [0.4, 0.5) is 27.6 Å². The van der Waals surface area contributed by atoms with E-state index < -0.39 is 53.4 Å². The number of benzene rings is 2. The Labute approximate surface area is 201 Å². The molecule has 1 atom stereocenters. The number of carbonyl (C=O) groups excluding carboxylic acids is 1. The topological polar surface area (TPSA) is 76.4 Å². The third-order valence-corrected chi connectivity index (χ3v) is 5.76. The molecule has 1 unspecified atom stereocenters. The van der Waals surface area contributed by atoms with E-state index in [1.165, 1.54) is 18.3 Å². The smallest absolute Gasteiger partial charge is 0.425 e. The zero-order chi connectivity index (χ0) is 25.5. The molecule has 2 aromatic carbocycles. The molecular formula is C23H19ClF5N3O3. The van der Waals surface area contributed by atoms with E-state index in [2.05, 4.69) is 10.3 Å². The Hall–Kier alpha value is -3.18. The van der Waals surface area contributed by atoms with Crippen LogP contribution in [0.2, 0.25) is 5.02 Å². The molecule has 0 bridgehead atoms. The summed E-state index contributed by atoms with van der Waals surface area (Å²) in [6, 6.07) is 5.31. The van der Waals surface area contributed by atoms with Crippen molar-refractivity contribution < 1.29 is 36.6 Å². The minimum atomic E-state index is -4.78. The lowest BCUT2D eigenvalue weighted by atomic mass is 10.1. The molecule has 0 saturated heterocycles. The van der Waals surface area contributed by atoms with E-state index in [4.69, 9.17) is 16.3 Å². The van der Waals surface area contributed by atoms with Crippen molar-refractivity contribution in [1.29, 1.82) is 0 Å². The number of imidazole rings is 1. The fraction of sp³-hybridized carbons (Fsp3) is 0.304. The highest BCUT2D eigenvalue weighted by Crippen LogP contribution is 2.39. The first-order valence-corrected chi connectivity index (χ1v) is 10.9. The number of amides is 1. The molecule has 0 radical (unpaired) electrons. The van der Waals surface area contributed by atoms with Crippen LogP contribution in [0.25, 0.3) is 11.3 Å². The number of ether oxygens (including phenoxy) is 1. The molecule has 1 heterocycles. The Bertz CT molecular complexity index is 1250. The number of halogens is 6. The Kier molecular flexibility index (Phi) is 6.74. The highest BCUT2D eigenvalue weighted by Gasteiger charge is 2.39. The van der Waals surface area contributed by atoms with Crippen molar-refractivity contribution in [2.75, 3.05) is 5.32 Å². The van der Waals surface area contributed by atoms with Crippen molar-refractivity contribution >= 4 is 23.2 Å². The number of aliphatic hydroxyl groups is 1. The number of aliphatic hydroxyl groups excluding tert-OH is 1. The van der Waals surface area contributed by atoms with Crippen molar-refractivity contribution in [1.82, 2.24) is 9.55 Å². The molecule has 6 nitrogen and oxygen atoms in total. The maximum Gasteiger partial charge on any atom is 0.425 e. The summed E-state index contributed by atoms with van der Waals surface area (Å²) in [7, 11) is 0. The van der Waals surface area contributed by atoms with Gasteiger partial charge in [-0.15, -0.1) is 0 Å². The van der Waals surface area contributed by atoms with E-state index in [1.807, 2.05) is 0 Å². The van der Waals surface area contributed by atoms with E-state index in [1.54, 1.807) is 4.57 Å². The molecule has 1 aliphatic rings. The van der Waals surface area contributed by atoms with Gasteiger partial charge in [-0.05, 0) is 44.0 Å². The monoisotopic (exact) mass is 515 g/mol. The van der Waals surface area contributed by atoms with Gasteiger partial charge in [0.1, 0.15) is 29.8 Å². The van der Waals surface area contributed by atoms with Crippen LogP contribution in [-0.4, -0.2) is 32.8 Å². The maximum atomic E-state index is 15.1. The molecule has 2 N–H and O–H groups in total. The van der Waals surface area contributed by atoms with Crippen LogP contribution < -0.4 is 10.1 Å². The maximum absolute atomic E-state index is 15.1. The molecule has 0 aliphatic heterocycles. The zero-order valence-electron chi connectivity index (χ0n) is 18.2. The highest BCUT2D eigenvalue weighted by atomic mass is 35.5. The minimum absolute atomic E-state index is 0.0482. The largest absolute Gasteiger partial charge is 0.480 e. The number of rotatable bonds is 7. The summed E-state index contributed by atoms with van der Waals surface area (Å²) in [6.07, 6.45) is -3.95. The predicted octanol–water partition coefficient (Wildman–Crippen LogP) is 5.89. The Balaban J connectivity index is 1.77. The number of anilines is 1. The van der Waals surface area contributed by atoms with Gasteiger partial charge in [-0.1, -0.05) is 17.7 Å². The fourth-order valence-corrected chi connectivity index (χ4v) is 3.64. The third-order valence-electron chi connectivity index (χ3n) is 5.45. The Morgan fingerprint density at radius 3 is 2.60 bits per heavy atom. The molecule has 35 heavy (non-hydrogen) atoms. The molecule has 12 heteroatoms. The van der Waals surface area contributed by atoms with Gasteiger partial charge in [0.2, 0.25) is 0 Å². The van der Waals surface area contributed by atoms with Crippen LogP contribution in [-0.2, 0) is 6.61 Å². The van der Waals surface area contributed by atoms with E-state index in [9.17, 15) is 27.5 Å². The van der Waals surface area contributed by atoms with Crippen molar-refractivity contribution in [3.8, 4) is 17.0 Å². The lowest BCUT2D eigenvalue weighted by molar-refractivity contribution is -0.189. The molecular weight excluding hydrogens is 497 g/mol. The van der Waals surface area contributed by atoms with Gasteiger partial charge in [0.15, 0.2) is 6.10 Å². The van der Waals surface area contributed by atoms with Gasteiger partial charge in [-0.25, -0.2) is 13.8 Å². The molecule has 1 saturated carbocycles. The second-order valence-corrected chi connectivity index (χ2v) is 8.43. The van der Waals surface area contributed by atoms with Gasteiger partial charge in [0.05, 0.1) is 22.0 Å². The fourth-order valence-electron chi connectivity index (χ4n) is 3.43. The third kappa shape index (κ3) is 5.25. The Morgan fingerprint density at radius 2 is 2.00 bits per heavy atom. The summed E-state index contributed by atoms with van der Waals surface area (Å²) < 4.78 is 75.6.